The molecule has 1 aliphatic carbocycles. The number of nitrogens with zero attached hydrogens (tertiary/aromatic N) is 3. The second kappa shape index (κ2) is 2.70. The summed E-state index contributed by atoms with van der Waals surface area (Å²) in [5.74, 6) is 0.575. The second-order valence-electron chi connectivity index (χ2n) is 3.78. The predicted octanol–water partition coefficient (Wildman–Crippen LogP) is 1.19. The van der Waals surface area contributed by atoms with E-state index >= 15 is 0 Å². The third-order valence-electron chi connectivity index (χ3n) is 2.84. The average molecular weight is 188 g/mol. The molecule has 2 aromatic heterocycles. The number of nitrogen functional groups attached to an aromatic ring is 1. The largest absolute Gasteiger partial charge is 0.382 e. The van der Waals surface area contributed by atoms with E-state index in [1.54, 1.807) is 10.8 Å². The van der Waals surface area contributed by atoms with Gasteiger partial charge in [-0.25, -0.2) is 9.50 Å². The maximum absolute atomic E-state index is 5.74. The molecular formula is C10H12N4. The Morgan fingerprint density at radius 3 is 3.07 bits per heavy atom. The van der Waals surface area contributed by atoms with Crippen LogP contribution in [0.5, 0.6) is 0 Å². The Balaban J connectivity index is 2.29. The predicted molar refractivity (Wildman–Crippen MR) is 54.0 cm³/mol. The SMILES string of the molecule is Nc1ncn2nc3c(cc12)CCCC3. The highest BCUT2D eigenvalue weighted by Crippen LogP contribution is 2.22. The summed E-state index contributed by atoms with van der Waals surface area (Å²) in [7, 11) is 0. The van der Waals surface area contributed by atoms with Gasteiger partial charge in [-0.3, -0.25) is 0 Å². The van der Waals surface area contributed by atoms with E-state index in [9.17, 15) is 0 Å². The lowest BCUT2D eigenvalue weighted by Gasteiger charge is -2.14. The van der Waals surface area contributed by atoms with Crippen molar-refractivity contribution in [2.24, 2.45) is 0 Å². The van der Waals surface area contributed by atoms with Crippen molar-refractivity contribution in [3.63, 3.8) is 0 Å². The molecule has 2 heterocycles. The summed E-state index contributed by atoms with van der Waals surface area (Å²) in [6, 6.07) is 2.13. The number of aromatic nitrogens is 3. The van der Waals surface area contributed by atoms with Gasteiger partial charge in [0.1, 0.15) is 11.8 Å². The summed E-state index contributed by atoms with van der Waals surface area (Å²) in [5.41, 5.74) is 9.23. The monoisotopic (exact) mass is 188 g/mol. The van der Waals surface area contributed by atoms with Gasteiger partial charge in [0.2, 0.25) is 0 Å². The molecule has 3 rings (SSSR count). The topological polar surface area (TPSA) is 56.2 Å². The summed E-state index contributed by atoms with van der Waals surface area (Å²) >= 11 is 0. The summed E-state index contributed by atoms with van der Waals surface area (Å²) in [6.07, 6.45) is 6.40. The van der Waals surface area contributed by atoms with Crippen LogP contribution < -0.4 is 5.73 Å². The Morgan fingerprint density at radius 2 is 2.14 bits per heavy atom. The Bertz CT molecular complexity index is 486. The van der Waals surface area contributed by atoms with Crippen LogP contribution in [0.1, 0.15) is 24.1 Å². The van der Waals surface area contributed by atoms with Crippen LogP contribution in [0.15, 0.2) is 12.4 Å². The first-order valence-corrected chi connectivity index (χ1v) is 4.96. The summed E-state index contributed by atoms with van der Waals surface area (Å²) in [6.45, 7) is 0. The van der Waals surface area contributed by atoms with Gasteiger partial charge in [0.05, 0.1) is 5.69 Å². The molecule has 0 bridgehead atoms. The molecule has 0 unspecified atom stereocenters. The molecule has 0 amide bonds. The number of fused-ring (bicyclic) bond motifs is 2. The van der Waals surface area contributed by atoms with Crippen LogP contribution in [0.25, 0.3) is 5.52 Å². The van der Waals surface area contributed by atoms with Gasteiger partial charge in [0.25, 0.3) is 0 Å². The zero-order chi connectivity index (χ0) is 9.54. The van der Waals surface area contributed by atoms with Crippen molar-refractivity contribution >= 4 is 11.3 Å². The van der Waals surface area contributed by atoms with Crippen molar-refractivity contribution in [3.05, 3.63) is 23.7 Å². The highest BCUT2D eigenvalue weighted by Gasteiger charge is 2.13. The maximum atomic E-state index is 5.74. The van der Waals surface area contributed by atoms with E-state index in [4.69, 9.17) is 5.73 Å². The zero-order valence-corrected chi connectivity index (χ0v) is 7.90. The zero-order valence-electron chi connectivity index (χ0n) is 7.90. The number of aryl methyl sites for hydroxylation is 2. The molecule has 0 saturated heterocycles. The van der Waals surface area contributed by atoms with Crippen molar-refractivity contribution in [2.45, 2.75) is 25.7 Å². The van der Waals surface area contributed by atoms with Crippen LogP contribution in [0.4, 0.5) is 5.82 Å². The average Bonchev–Trinajstić information content (AvgIpc) is 2.57. The van der Waals surface area contributed by atoms with E-state index in [0.29, 0.717) is 5.82 Å². The lowest BCUT2D eigenvalue weighted by molar-refractivity contribution is 0.649. The van der Waals surface area contributed by atoms with Crippen LogP contribution in [0.2, 0.25) is 0 Å². The Morgan fingerprint density at radius 1 is 1.29 bits per heavy atom. The molecule has 2 N–H and O–H groups in total. The van der Waals surface area contributed by atoms with Crippen molar-refractivity contribution < 1.29 is 0 Å². The fourth-order valence-corrected chi connectivity index (χ4v) is 2.06. The molecule has 4 nitrogen and oxygen atoms in total. The Kier molecular flexibility index (Phi) is 1.50. The highest BCUT2D eigenvalue weighted by atomic mass is 15.3. The quantitative estimate of drug-likeness (QED) is 0.675. The molecule has 1 aliphatic rings. The van der Waals surface area contributed by atoms with Gasteiger partial charge >= 0.3 is 0 Å². The number of anilines is 1. The number of imidazole rings is 1. The number of hydrogen-bond donors (Lipinski definition) is 1. The lowest BCUT2D eigenvalue weighted by atomic mass is 9.97. The first kappa shape index (κ1) is 7.79. The minimum Gasteiger partial charge on any atom is -0.382 e. The van der Waals surface area contributed by atoms with E-state index in [1.165, 1.54) is 24.1 Å². The van der Waals surface area contributed by atoms with Crippen molar-refractivity contribution in [2.75, 3.05) is 5.73 Å². The first-order valence-electron chi connectivity index (χ1n) is 4.96. The smallest absolute Gasteiger partial charge is 0.151 e. The van der Waals surface area contributed by atoms with Gasteiger partial charge in [-0.2, -0.15) is 5.10 Å². The molecule has 4 heteroatoms. The van der Waals surface area contributed by atoms with Gasteiger partial charge < -0.3 is 5.73 Å². The van der Waals surface area contributed by atoms with Crippen LogP contribution >= 0.6 is 0 Å². The first-order chi connectivity index (χ1) is 6.84. The van der Waals surface area contributed by atoms with Crippen molar-refractivity contribution in [1.82, 2.24) is 14.6 Å². The third kappa shape index (κ3) is 0.999. The Labute approximate surface area is 81.8 Å². The Hall–Kier alpha value is -1.58. The lowest BCUT2D eigenvalue weighted by Crippen LogP contribution is -2.08. The molecule has 2 aromatic rings. The minimum absolute atomic E-state index is 0.575. The molecule has 0 spiro atoms. The number of rotatable bonds is 0. The van der Waals surface area contributed by atoms with Gasteiger partial charge in [-0.15, -0.1) is 0 Å². The fraction of sp³-hybridized carbons (Fsp3) is 0.400. The molecule has 0 radical (unpaired) electrons. The molecular weight excluding hydrogens is 176 g/mol. The van der Waals surface area contributed by atoms with Crippen LogP contribution in [0.3, 0.4) is 0 Å². The molecule has 72 valence electrons. The molecule has 0 saturated carbocycles. The highest BCUT2D eigenvalue weighted by molar-refractivity contribution is 5.66. The third-order valence-corrected chi connectivity index (χ3v) is 2.84. The number of nitrogens with two attached hydrogens (primary N) is 1. The van der Waals surface area contributed by atoms with Crippen LogP contribution in [-0.4, -0.2) is 14.6 Å². The molecule has 14 heavy (non-hydrogen) atoms. The standard InChI is InChI=1S/C10H12N4/c11-10-9-5-7-3-1-2-4-8(7)13-14(9)6-12-10/h5-6H,1-4,11H2. The molecule has 0 aliphatic heterocycles. The van der Waals surface area contributed by atoms with Gasteiger partial charge in [0.15, 0.2) is 5.82 Å². The van der Waals surface area contributed by atoms with E-state index in [2.05, 4.69) is 16.1 Å². The van der Waals surface area contributed by atoms with Crippen molar-refractivity contribution in [3.8, 4) is 0 Å². The van der Waals surface area contributed by atoms with E-state index in [0.717, 1.165) is 18.4 Å². The van der Waals surface area contributed by atoms with Gasteiger partial charge in [-0.05, 0) is 37.3 Å². The van der Waals surface area contributed by atoms with E-state index < -0.39 is 0 Å². The summed E-state index contributed by atoms with van der Waals surface area (Å²) < 4.78 is 1.78. The molecule has 0 atom stereocenters. The summed E-state index contributed by atoms with van der Waals surface area (Å²) in [5, 5.41) is 4.51. The fourth-order valence-electron chi connectivity index (χ4n) is 2.06. The van der Waals surface area contributed by atoms with Crippen LogP contribution in [-0.2, 0) is 12.8 Å². The minimum atomic E-state index is 0.575. The maximum Gasteiger partial charge on any atom is 0.151 e. The number of hydrogen-bond acceptors (Lipinski definition) is 3. The van der Waals surface area contributed by atoms with E-state index in [-0.39, 0.29) is 0 Å². The molecule has 0 fully saturated rings. The van der Waals surface area contributed by atoms with Gasteiger partial charge in [0, 0.05) is 0 Å². The molecule has 0 aromatic carbocycles. The van der Waals surface area contributed by atoms with E-state index in [1.807, 2.05) is 0 Å². The second-order valence-corrected chi connectivity index (χ2v) is 3.78. The summed E-state index contributed by atoms with van der Waals surface area (Å²) in [4.78, 5) is 4.05. The normalized spacial score (nSPS) is 15.7. The van der Waals surface area contributed by atoms with Crippen molar-refractivity contribution in [1.29, 1.82) is 0 Å². The van der Waals surface area contributed by atoms with Gasteiger partial charge in [-0.1, -0.05) is 0 Å². The van der Waals surface area contributed by atoms with Crippen LogP contribution in [0, 0.1) is 0 Å².